The number of hydrogen-bond donors (Lipinski definition) is 2. The van der Waals surface area contributed by atoms with Gasteiger partial charge < -0.3 is 19.7 Å². The summed E-state index contributed by atoms with van der Waals surface area (Å²) in [6.45, 7) is 5.05. The summed E-state index contributed by atoms with van der Waals surface area (Å²) in [7, 11) is 0. The number of carbonyl (C=O) groups excluding carboxylic acids is 1. The van der Waals surface area contributed by atoms with E-state index in [0.717, 1.165) is 18.9 Å². The number of aliphatic carboxylic acids is 1. The first-order valence-electron chi connectivity index (χ1n) is 11.3. The van der Waals surface area contributed by atoms with Crippen LogP contribution in [0.3, 0.4) is 0 Å². The van der Waals surface area contributed by atoms with Gasteiger partial charge in [-0.3, -0.25) is 9.59 Å². The van der Waals surface area contributed by atoms with E-state index in [2.05, 4.69) is 24.1 Å². The van der Waals surface area contributed by atoms with Gasteiger partial charge in [-0.15, -0.1) is 0 Å². The number of aromatic nitrogens is 2. The average molecular weight is 486 g/mol. The zero-order chi connectivity index (χ0) is 25.6. The molecule has 0 radical (unpaired) electrons. The second-order valence-electron chi connectivity index (χ2n) is 8.81. The van der Waals surface area contributed by atoms with Crippen molar-refractivity contribution in [3.8, 4) is 11.4 Å². The Kier molecular flexibility index (Phi) is 8.22. The Morgan fingerprint density at radius 2 is 1.77 bits per heavy atom. The van der Waals surface area contributed by atoms with Crippen LogP contribution < -0.4 is 10.1 Å². The summed E-state index contributed by atoms with van der Waals surface area (Å²) in [6, 6.07) is 14.1. The van der Waals surface area contributed by atoms with Crippen molar-refractivity contribution in [2.45, 2.75) is 45.6 Å². The molecule has 3 aromatic rings. The number of amides is 1. The summed E-state index contributed by atoms with van der Waals surface area (Å²) in [5, 5.41) is 11.2. The summed E-state index contributed by atoms with van der Waals surface area (Å²) in [5.74, 6) is -3.39. The fourth-order valence-electron chi connectivity index (χ4n) is 3.47. The van der Waals surface area contributed by atoms with E-state index in [1.165, 1.54) is 12.5 Å². The van der Waals surface area contributed by atoms with Crippen molar-refractivity contribution in [3.63, 3.8) is 0 Å². The highest BCUT2D eigenvalue weighted by atomic mass is 19.3. The summed E-state index contributed by atoms with van der Waals surface area (Å²) in [5.41, 5.74) is 1.75. The predicted molar refractivity (Wildman–Crippen MR) is 127 cm³/mol. The highest BCUT2D eigenvalue weighted by Crippen LogP contribution is 2.30. The molecule has 2 aromatic carbocycles. The molecular weight excluding hydrogens is 456 g/mol. The minimum Gasteiger partial charge on any atom is -0.486 e. The van der Waals surface area contributed by atoms with E-state index in [-0.39, 0.29) is 30.7 Å². The van der Waals surface area contributed by atoms with Crippen LogP contribution >= 0.6 is 0 Å². The minimum atomic E-state index is -3.00. The summed E-state index contributed by atoms with van der Waals surface area (Å²) in [6.07, 6.45) is 3.03. The molecule has 7 nitrogen and oxygen atoms in total. The number of benzene rings is 2. The van der Waals surface area contributed by atoms with E-state index in [0.29, 0.717) is 22.9 Å². The molecule has 0 aliphatic carbocycles. The minimum absolute atomic E-state index is 0.0557. The standard InChI is InChI=1S/C26H29F2N3O4/c1-17(2)14-22(35-21-10-6-19(7-11-21)25(34)29-13-12-24(32)33)18-4-8-20(9-5-18)31-15-23(30-16-31)26(3,27)28/h4-11,15-17,22H,12-14H2,1-3H3,(H,29,34)(H,32,33). The maximum absolute atomic E-state index is 13.5. The predicted octanol–water partition coefficient (Wildman–Crippen LogP) is 5.35. The molecule has 1 atom stereocenters. The van der Waals surface area contributed by atoms with Crippen molar-refractivity contribution < 1.29 is 28.2 Å². The molecule has 0 saturated heterocycles. The van der Waals surface area contributed by atoms with Crippen LogP contribution in [0.4, 0.5) is 8.78 Å². The number of ether oxygens (including phenoxy) is 1. The zero-order valence-electron chi connectivity index (χ0n) is 19.9. The molecule has 1 unspecified atom stereocenters. The van der Waals surface area contributed by atoms with E-state index in [1.54, 1.807) is 28.8 Å². The van der Waals surface area contributed by atoms with Crippen molar-refractivity contribution in [1.82, 2.24) is 14.9 Å². The van der Waals surface area contributed by atoms with Crippen LogP contribution in [0.25, 0.3) is 5.69 Å². The monoisotopic (exact) mass is 485 g/mol. The van der Waals surface area contributed by atoms with Gasteiger partial charge in [-0.2, -0.15) is 8.78 Å². The maximum Gasteiger partial charge on any atom is 0.305 e. The molecule has 2 N–H and O–H groups in total. The average Bonchev–Trinajstić information content (AvgIpc) is 3.30. The Morgan fingerprint density at radius 1 is 1.11 bits per heavy atom. The highest BCUT2D eigenvalue weighted by Gasteiger charge is 2.27. The van der Waals surface area contributed by atoms with Gasteiger partial charge in [-0.25, -0.2) is 4.98 Å². The van der Waals surface area contributed by atoms with Crippen LogP contribution in [0, 0.1) is 5.92 Å². The van der Waals surface area contributed by atoms with Gasteiger partial charge in [0.2, 0.25) is 0 Å². The summed E-state index contributed by atoms with van der Waals surface area (Å²) >= 11 is 0. The van der Waals surface area contributed by atoms with E-state index < -0.39 is 11.9 Å². The number of alkyl halides is 2. The van der Waals surface area contributed by atoms with Gasteiger partial charge in [0.15, 0.2) is 0 Å². The van der Waals surface area contributed by atoms with Crippen molar-refractivity contribution in [2.75, 3.05) is 6.54 Å². The van der Waals surface area contributed by atoms with E-state index in [1.807, 2.05) is 24.3 Å². The van der Waals surface area contributed by atoms with Crippen molar-refractivity contribution >= 4 is 11.9 Å². The topological polar surface area (TPSA) is 93.5 Å². The summed E-state index contributed by atoms with van der Waals surface area (Å²) in [4.78, 5) is 26.5. The van der Waals surface area contributed by atoms with Gasteiger partial charge in [-0.1, -0.05) is 26.0 Å². The lowest BCUT2D eigenvalue weighted by Gasteiger charge is -2.22. The molecule has 0 bridgehead atoms. The normalized spacial score (nSPS) is 12.4. The second kappa shape index (κ2) is 11.1. The Balaban J connectivity index is 1.70. The molecule has 0 aliphatic rings. The van der Waals surface area contributed by atoms with Gasteiger partial charge in [0.1, 0.15) is 17.5 Å². The smallest absolute Gasteiger partial charge is 0.305 e. The van der Waals surface area contributed by atoms with E-state index in [9.17, 15) is 18.4 Å². The van der Waals surface area contributed by atoms with Gasteiger partial charge in [0.25, 0.3) is 11.8 Å². The molecule has 1 aromatic heterocycles. The first-order valence-corrected chi connectivity index (χ1v) is 11.3. The third kappa shape index (κ3) is 7.37. The molecule has 186 valence electrons. The third-order valence-electron chi connectivity index (χ3n) is 5.30. The Hall–Kier alpha value is -3.75. The van der Waals surface area contributed by atoms with E-state index in [4.69, 9.17) is 9.84 Å². The van der Waals surface area contributed by atoms with Gasteiger partial charge >= 0.3 is 5.97 Å². The number of carboxylic acid groups (broad SMARTS) is 1. The number of hydrogen-bond acceptors (Lipinski definition) is 4. The van der Waals surface area contributed by atoms with E-state index >= 15 is 0 Å². The molecule has 3 rings (SSSR count). The quantitative estimate of drug-likeness (QED) is 0.382. The van der Waals surface area contributed by atoms with Crippen LogP contribution in [0.15, 0.2) is 61.1 Å². The number of nitrogens with one attached hydrogen (secondary N) is 1. The lowest BCUT2D eigenvalue weighted by Crippen LogP contribution is -2.25. The van der Waals surface area contributed by atoms with Gasteiger partial charge in [0, 0.05) is 30.9 Å². The molecule has 0 spiro atoms. The number of nitrogens with zero attached hydrogens (tertiary/aromatic N) is 2. The molecule has 1 amide bonds. The van der Waals surface area contributed by atoms with Crippen LogP contribution in [-0.2, 0) is 10.7 Å². The van der Waals surface area contributed by atoms with Crippen LogP contribution in [0.5, 0.6) is 5.75 Å². The van der Waals surface area contributed by atoms with Gasteiger partial charge in [-0.05, 0) is 54.3 Å². The molecule has 1 heterocycles. The largest absolute Gasteiger partial charge is 0.486 e. The molecular formula is C26H29F2N3O4. The van der Waals surface area contributed by atoms with Crippen LogP contribution in [-0.4, -0.2) is 33.1 Å². The maximum atomic E-state index is 13.5. The fraction of sp³-hybridized carbons (Fsp3) is 0.346. The molecule has 35 heavy (non-hydrogen) atoms. The number of halogens is 2. The molecule has 9 heteroatoms. The first-order chi connectivity index (χ1) is 16.5. The SMILES string of the molecule is CC(C)CC(Oc1ccc(C(=O)NCCC(=O)O)cc1)c1ccc(-n2cnc(C(C)(F)F)c2)cc1. The first kappa shape index (κ1) is 25.9. The Bertz CT molecular complexity index is 1140. The van der Waals surface area contributed by atoms with Crippen molar-refractivity contribution in [2.24, 2.45) is 5.92 Å². The lowest BCUT2D eigenvalue weighted by molar-refractivity contribution is -0.136. The molecule has 0 aliphatic heterocycles. The molecule has 0 saturated carbocycles. The Morgan fingerprint density at radius 3 is 2.31 bits per heavy atom. The van der Waals surface area contributed by atoms with Crippen LogP contribution in [0.1, 0.15) is 61.3 Å². The number of rotatable bonds is 11. The van der Waals surface area contributed by atoms with Crippen molar-refractivity contribution in [3.05, 3.63) is 77.9 Å². The highest BCUT2D eigenvalue weighted by molar-refractivity contribution is 5.94. The fourth-order valence-corrected chi connectivity index (χ4v) is 3.47. The third-order valence-corrected chi connectivity index (χ3v) is 5.30. The zero-order valence-corrected chi connectivity index (χ0v) is 19.9. The Labute approximate surface area is 202 Å². The number of carboxylic acids is 1. The number of imidazole rings is 1. The number of carbonyl (C=O) groups is 2. The lowest BCUT2D eigenvalue weighted by atomic mass is 9.99. The van der Waals surface area contributed by atoms with Crippen molar-refractivity contribution in [1.29, 1.82) is 0 Å². The van der Waals surface area contributed by atoms with Crippen LogP contribution in [0.2, 0.25) is 0 Å². The van der Waals surface area contributed by atoms with Gasteiger partial charge in [0.05, 0.1) is 12.7 Å². The second-order valence-corrected chi connectivity index (χ2v) is 8.81. The summed E-state index contributed by atoms with van der Waals surface area (Å²) < 4.78 is 34.8. The molecule has 0 fully saturated rings.